The molecule has 3 atom stereocenters. The summed E-state index contributed by atoms with van der Waals surface area (Å²) in [6.07, 6.45) is -0.236. The van der Waals surface area contributed by atoms with Gasteiger partial charge in [0.25, 0.3) is 0 Å². The van der Waals surface area contributed by atoms with E-state index in [-0.39, 0.29) is 11.8 Å². The number of carboxylic acid groups (broad SMARTS) is 1. The average molecular weight is 344 g/mol. The third-order valence-electron chi connectivity index (χ3n) is 3.38. The highest BCUT2D eigenvalue weighted by molar-refractivity contribution is 5.93. The molecule has 0 radical (unpaired) electrons. The van der Waals surface area contributed by atoms with Gasteiger partial charge in [0.2, 0.25) is 17.7 Å². The molecule has 138 valence electrons. The van der Waals surface area contributed by atoms with Crippen molar-refractivity contribution < 1.29 is 24.3 Å². The summed E-state index contributed by atoms with van der Waals surface area (Å²) in [6, 6.07) is -3.18. The Morgan fingerprint density at radius 3 is 1.83 bits per heavy atom. The van der Waals surface area contributed by atoms with E-state index in [4.69, 9.17) is 16.6 Å². The molecule has 0 saturated carbocycles. The van der Waals surface area contributed by atoms with Gasteiger partial charge in [0, 0.05) is 0 Å². The Bertz CT molecular complexity index is 478. The summed E-state index contributed by atoms with van der Waals surface area (Å²) in [5.74, 6) is -3.47. The van der Waals surface area contributed by atoms with E-state index in [9.17, 15) is 19.2 Å². The molecule has 0 aromatic carbocycles. The van der Waals surface area contributed by atoms with Gasteiger partial charge in [0.05, 0.1) is 12.5 Å². The maximum atomic E-state index is 12.3. The fourth-order valence-electron chi connectivity index (χ4n) is 1.95. The Labute approximate surface area is 141 Å². The van der Waals surface area contributed by atoms with E-state index in [0.717, 1.165) is 0 Å². The number of hydrogen-bond acceptors (Lipinski definition) is 5. The minimum atomic E-state index is -1.44. The van der Waals surface area contributed by atoms with Gasteiger partial charge in [-0.15, -0.1) is 0 Å². The standard InChI is InChI=1S/C15H28N4O5/c1-7(2)5-9(18-14(22)12(17)8(3)4)13(21)19-10(15(23)24)6-11(16)20/h7-10,12H,5-6,17H2,1-4H3,(H2,16,20)(H,18,22)(H,19,21)(H,23,24)/t9-,10-,12-/m0/s1. The molecule has 9 nitrogen and oxygen atoms in total. The van der Waals surface area contributed by atoms with Crippen LogP contribution in [0.4, 0.5) is 0 Å². The molecule has 0 aromatic heterocycles. The fraction of sp³-hybridized carbons (Fsp3) is 0.733. The Morgan fingerprint density at radius 1 is 0.958 bits per heavy atom. The first-order valence-corrected chi connectivity index (χ1v) is 7.83. The smallest absolute Gasteiger partial charge is 0.326 e. The Balaban J connectivity index is 5.08. The van der Waals surface area contributed by atoms with Crippen molar-refractivity contribution in [2.75, 3.05) is 0 Å². The van der Waals surface area contributed by atoms with E-state index in [1.165, 1.54) is 0 Å². The number of carbonyl (C=O) groups is 4. The van der Waals surface area contributed by atoms with Gasteiger partial charge in [-0.2, -0.15) is 0 Å². The molecule has 0 saturated heterocycles. The van der Waals surface area contributed by atoms with E-state index >= 15 is 0 Å². The predicted molar refractivity (Wildman–Crippen MR) is 87.6 cm³/mol. The lowest BCUT2D eigenvalue weighted by atomic mass is 10.00. The maximum absolute atomic E-state index is 12.3. The Kier molecular flexibility index (Phi) is 8.97. The molecule has 0 rings (SSSR count). The third-order valence-corrected chi connectivity index (χ3v) is 3.38. The third kappa shape index (κ3) is 7.91. The summed E-state index contributed by atoms with van der Waals surface area (Å²) >= 11 is 0. The number of carbonyl (C=O) groups excluding carboxylic acids is 3. The van der Waals surface area contributed by atoms with Crippen LogP contribution in [0.1, 0.15) is 40.5 Å². The highest BCUT2D eigenvalue weighted by Crippen LogP contribution is 2.07. The molecule has 0 bridgehead atoms. The van der Waals surface area contributed by atoms with Gasteiger partial charge in [0.15, 0.2) is 0 Å². The van der Waals surface area contributed by atoms with Crippen LogP contribution in [0.3, 0.4) is 0 Å². The highest BCUT2D eigenvalue weighted by atomic mass is 16.4. The monoisotopic (exact) mass is 344 g/mol. The Morgan fingerprint density at radius 2 is 1.46 bits per heavy atom. The van der Waals surface area contributed by atoms with Crippen LogP contribution in [0, 0.1) is 11.8 Å². The average Bonchev–Trinajstić information content (AvgIpc) is 2.43. The summed E-state index contributed by atoms with van der Waals surface area (Å²) in [5, 5.41) is 13.8. The van der Waals surface area contributed by atoms with Crippen LogP contribution in [-0.2, 0) is 19.2 Å². The van der Waals surface area contributed by atoms with Crippen molar-refractivity contribution in [2.24, 2.45) is 23.3 Å². The number of rotatable bonds is 10. The molecular formula is C15H28N4O5. The lowest BCUT2D eigenvalue weighted by Crippen LogP contribution is -2.56. The molecule has 3 amide bonds. The van der Waals surface area contributed by atoms with Crippen molar-refractivity contribution in [3.05, 3.63) is 0 Å². The molecule has 0 aliphatic rings. The van der Waals surface area contributed by atoms with Crippen LogP contribution < -0.4 is 22.1 Å². The minimum absolute atomic E-state index is 0.0655. The number of primary amides is 1. The molecule has 0 fully saturated rings. The SMILES string of the molecule is CC(C)C[C@H](NC(=O)[C@@H](N)C(C)C)C(=O)N[C@@H](CC(N)=O)C(=O)O. The second-order valence-electron chi connectivity index (χ2n) is 6.53. The first-order chi connectivity index (χ1) is 11.0. The molecule has 0 spiro atoms. The summed E-state index contributed by atoms with van der Waals surface area (Å²) in [6.45, 7) is 7.25. The first kappa shape index (κ1) is 21.8. The zero-order valence-electron chi connectivity index (χ0n) is 14.5. The van der Waals surface area contributed by atoms with Crippen LogP contribution in [0.5, 0.6) is 0 Å². The van der Waals surface area contributed by atoms with Gasteiger partial charge in [-0.05, 0) is 18.3 Å². The van der Waals surface area contributed by atoms with Gasteiger partial charge in [-0.3, -0.25) is 14.4 Å². The lowest BCUT2D eigenvalue weighted by molar-refractivity contribution is -0.143. The number of aliphatic carboxylic acids is 1. The molecule has 0 heterocycles. The molecule has 0 aromatic rings. The lowest BCUT2D eigenvalue weighted by Gasteiger charge is -2.24. The maximum Gasteiger partial charge on any atom is 0.326 e. The van der Waals surface area contributed by atoms with Crippen molar-refractivity contribution >= 4 is 23.7 Å². The second kappa shape index (κ2) is 9.86. The van der Waals surface area contributed by atoms with E-state index < -0.39 is 48.2 Å². The zero-order chi connectivity index (χ0) is 19.0. The number of nitrogens with two attached hydrogens (primary N) is 2. The summed E-state index contributed by atoms with van der Waals surface area (Å²) in [5.41, 5.74) is 10.7. The molecule has 0 unspecified atom stereocenters. The topological polar surface area (TPSA) is 165 Å². The van der Waals surface area contributed by atoms with Crippen molar-refractivity contribution in [3.8, 4) is 0 Å². The number of carboxylic acids is 1. The summed E-state index contributed by atoms with van der Waals surface area (Å²) in [4.78, 5) is 46.4. The van der Waals surface area contributed by atoms with Crippen LogP contribution in [0.25, 0.3) is 0 Å². The van der Waals surface area contributed by atoms with Crippen LogP contribution in [0.2, 0.25) is 0 Å². The second-order valence-corrected chi connectivity index (χ2v) is 6.53. The largest absolute Gasteiger partial charge is 0.480 e. The van der Waals surface area contributed by atoms with Crippen molar-refractivity contribution in [1.29, 1.82) is 0 Å². The molecule has 0 aliphatic heterocycles. The summed E-state index contributed by atoms with van der Waals surface area (Å²) < 4.78 is 0. The van der Waals surface area contributed by atoms with Gasteiger partial charge < -0.3 is 27.2 Å². The van der Waals surface area contributed by atoms with Gasteiger partial charge >= 0.3 is 5.97 Å². The van der Waals surface area contributed by atoms with Crippen molar-refractivity contribution in [3.63, 3.8) is 0 Å². The van der Waals surface area contributed by atoms with Crippen LogP contribution in [-0.4, -0.2) is 46.9 Å². The number of hydrogen-bond donors (Lipinski definition) is 5. The zero-order valence-corrected chi connectivity index (χ0v) is 14.5. The number of amides is 3. The Hall–Kier alpha value is -2.16. The van der Waals surface area contributed by atoms with Gasteiger partial charge in [-0.25, -0.2) is 4.79 Å². The molecular weight excluding hydrogens is 316 g/mol. The molecule has 0 aliphatic carbocycles. The first-order valence-electron chi connectivity index (χ1n) is 7.83. The minimum Gasteiger partial charge on any atom is -0.480 e. The van der Waals surface area contributed by atoms with E-state index in [1.807, 2.05) is 13.8 Å². The van der Waals surface area contributed by atoms with Crippen LogP contribution in [0.15, 0.2) is 0 Å². The molecule has 24 heavy (non-hydrogen) atoms. The fourth-order valence-corrected chi connectivity index (χ4v) is 1.95. The van der Waals surface area contributed by atoms with E-state index in [2.05, 4.69) is 10.6 Å². The highest BCUT2D eigenvalue weighted by Gasteiger charge is 2.29. The predicted octanol–water partition coefficient (Wildman–Crippen LogP) is -1.05. The number of nitrogens with one attached hydrogen (secondary N) is 2. The van der Waals surface area contributed by atoms with Gasteiger partial charge in [0.1, 0.15) is 12.1 Å². The quantitative estimate of drug-likeness (QED) is 0.339. The normalized spacial score (nSPS) is 14.8. The van der Waals surface area contributed by atoms with Crippen LogP contribution >= 0.6 is 0 Å². The van der Waals surface area contributed by atoms with Crippen molar-refractivity contribution in [2.45, 2.75) is 58.7 Å². The molecule has 9 heteroatoms. The van der Waals surface area contributed by atoms with E-state index in [1.54, 1.807) is 13.8 Å². The van der Waals surface area contributed by atoms with Crippen molar-refractivity contribution in [1.82, 2.24) is 10.6 Å². The molecule has 7 N–H and O–H groups in total. The van der Waals surface area contributed by atoms with E-state index in [0.29, 0.717) is 6.42 Å². The summed E-state index contributed by atoms with van der Waals surface area (Å²) in [7, 11) is 0. The van der Waals surface area contributed by atoms with Gasteiger partial charge in [-0.1, -0.05) is 27.7 Å².